The molecule has 2 heteroatoms. The van der Waals surface area contributed by atoms with Gasteiger partial charge in [0.1, 0.15) is 0 Å². The maximum atomic E-state index is 2.66. The molecular formula is C17H32I2. The van der Waals surface area contributed by atoms with Crippen LogP contribution in [0.5, 0.6) is 0 Å². The Morgan fingerprint density at radius 1 is 1.05 bits per heavy atom. The van der Waals surface area contributed by atoms with Gasteiger partial charge in [-0.3, -0.25) is 0 Å². The molecule has 2 atom stereocenters. The van der Waals surface area contributed by atoms with Gasteiger partial charge < -0.3 is 0 Å². The van der Waals surface area contributed by atoms with Crippen LogP contribution in [-0.2, 0) is 0 Å². The topological polar surface area (TPSA) is 0 Å². The van der Waals surface area contributed by atoms with Crippen LogP contribution in [0.15, 0.2) is 0 Å². The number of alkyl halides is 2. The smallest absolute Gasteiger partial charge is 0.0230 e. The summed E-state index contributed by atoms with van der Waals surface area (Å²) in [6.07, 6.45) is 8.72. The number of hydrogen-bond donors (Lipinski definition) is 0. The number of hydrogen-bond acceptors (Lipinski definition) is 0. The molecule has 114 valence electrons. The van der Waals surface area contributed by atoms with E-state index in [0.717, 1.165) is 15.8 Å². The van der Waals surface area contributed by atoms with Crippen LogP contribution >= 0.6 is 45.2 Å². The van der Waals surface area contributed by atoms with Crippen LogP contribution in [0.1, 0.15) is 73.1 Å². The van der Waals surface area contributed by atoms with Gasteiger partial charge in [-0.1, -0.05) is 99.1 Å². The van der Waals surface area contributed by atoms with Crippen molar-refractivity contribution in [2.75, 3.05) is 4.43 Å². The van der Waals surface area contributed by atoms with Crippen molar-refractivity contribution in [1.29, 1.82) is 0 Å². The molecular weight excluding hydrogens is 458 g/mol. The first-order chi connectivity index (χ1) is 8.70. The predicted octanol–water partition coefficient (Wildman–Crippen LogP) is 6.88. The lowest BCUT2D eigenvalue weighted by atomic mass is 9.61. The van der Waals surface area contributed by atoms with Crippen LogP contribution in [0.4, 0.5) is 0 Å². The van der Waals surface area contributed by atoms with Crippen LogP contribution in [-0.4, -0.2) is 8.35 Å². The molecule has 0 aromatic rings. The molecule has 0 nitrogen and oxygen atoms in total. The molecule has 0 aromatic carbocycles. The minimum absolute atomic E-state index is 0.456. The molecule has 0 N–H and O–H groups in total. The van der Waals surface area contributed by atoms with Crippen LogP contribution in [0.2, 0.25) is 0 Å². The van der Waals surface area contributed by atoms with Gasteiger partial charge >= 0.3 is 0 Å². The van der Waals surface area contributed by atoms with Crippen molar-refractivity contribution in [3.05, 3.63) is 0 Å². The van der Waals surface area contributed by atoms with Crippen LogP contribution in [0.3, 0.4) is 0 Å². The molecule has 1 rings (SSSR count). The summed E-state index contributed by atoms with van der Waals surface area (Å²) in [5.74, 6) is 1.76. The Hall–Kier alpha value is 1.46. The lowest BCUT2D eigenvalue weighted by Crippen LogP contribution is -2.37. The van der Waals surface area contributed by atoms with Crippen molar-refractivity contribution >= 4 is 45.2 Å². The Morgan fingerprint density at radius 3 is 2.05 bits per heavy atom. The molecule has 0 heterocycles. The largest absolute Gasteiger partial charge is 0.0852 e. The van der Waals surface area contributed by atoms with Crippen molar-refractivity contribution in [2.45, 2.75) is 77.1 Å². The fourth-order valence-corrected chi connectivity index (χ4v) is 5.72. The Kier molecular flexibility index (Phi) is 7.44. The zero-order chi connectivity index (χ0) is 14.7. The highest BCUT2D eigenvalue weighted by Crippen LogP contribution is 2.48. The standard InChI is InChI=1S/C17H32I2/c1-13(15(19)11-18)16(2,3)12-17(4,5)14-9-7-6-8-10-14/h13-15H,6-12H2,1-5H3. The molecule has 0 aliphatic heterocycles. The van der Waals surface area contributed by atoms with E-state index < -0.39 is 0 Å². The summed E-state index contributed by atoms with van der Waals surface area (Å²) < 4.78 is 2.07. The van der Waals surface area contributed by atoms with Crippen molar-refractivity contribution in [3.8, 4) is 0 Å². The molecule has 1 saturated carbocycles. The quantitative estimate of drug-likeness (QED) is 0.281. The van der Waals surface area contributed by atoms with Crippen molar-refractivity contribution in [2.24, 2.45) is 22.7 Å². The Labute approximate surface area is 148 Å². The van der Waals surface area contributed by atoms with Gasteiger partial charge in [-0.15, -0.1) is 0 Å². The van der Waals surface area contributed by atoms with Gasteiger partial charge in [-0.05, 0) is 41.9 Å². The third-order valence-electron chi connectivity index (χ3n) is 5.54. The maximum absolute atomic E-state index is 2.66. The van der Waals surface area contributed by atoms with E-state index in [9.17, 15) is 0 Å². The maximum Gasteiger partial charge on any atom is 0.0230 e. The normalized spacial score (nSPS) is 22.3. The molecule has 19 heavy (non-hydrogen) atoms. The summed E-state index contributed by atoms with van der Waals surface area (Å²) in [6, 6.07) is 0. The molecule has 0 radical (unpaired) electrons. The van der Waals surface area contributed by atoms with Gasteiger partial charge in [0.2, 0.25) is 0 Å². The van der Waals surface area contributed by atoms with E-state index in [2.05, 4.69) is 79.8 Å². The highest BCUT2D eigenvalue weighted by molar-refractivity contribution is 14.1. The average Bonchev–Trinajstić information content (AvgIpc) is 2.36. The molecule has 1 aliphatic carbocycles. The Bertz CT molecular complexity index is 252. The van der Waals surface area contributed by atoms with Gasteiger partial charge in [0.25, 0.3) is 0 Å². The first-order valence-electron chi connectivity index (χ1n) is 7.91. The summed E-state index contributed by atoms with van der Waals surface area (Å²) in [6.45, 7) is 12.5. The van der Waals surface area contributed by atoms with E-state index in [-0.39, 0.29) is 0 Å². The monoisotopic (exact) mass is 490 g/mol. The summed E-state index contributed by atoms with van der Waals surface area (Å²) >= 11 is 5.20. The first kappa shape index (κ1) is 18.5. The summed E-state index contributed by atoms with van der Waals surface area (Å²) in [5.41, 5.74) is 0.970. The zero-order valence-corrected chi connectivity index (χ0v) is 17.8. The van der Waals surface area contributed by atoms with E-state index in [4.69, 9.17) is 0 Å². The lowest BCUT2D eigenvalue weighted by Gasteiger charge is -2.45. The third kappa shape index (κ3) is 5.30. The number of rotatable bonds is 6. The fourth-order valence-electron chi connectivity index (χ4n) is 3.99. The summed E-state index contributed by atoms with van der Waals surface area (Å²) in [7, 11) is 0. The van der Waals surface area contributed by atoms with E-state index in [1.165, 1.54) is 43.0 Å². The van der Waals surface area contributed by atoms with Gasteiger partial charge in [0.15, 0.2) is 0 Å². The van der Waals surface area contributed by atoms with Gasteiger partial charge in [-0.25, -0.2) is 0 Å². The van der Waals surface area contributed by atoms with Crippen molar-refractivity contribution in [1.82, 2.24) is 0 Å². The van der Waals surface area contributed by atoms with E-state index in [1.807, 2.05) is 0 Å². The Morgan fingerprint density at radius 2 is 1.58 bits per heavy atom. The molecule has 0 saturated heterocycles. The SMILES string of the molecule is CC(C(I)CI)C(C)(C)CC(C)(C)C1CCCCC1. The second-order valence-corrected chi connectivity index (χ2v) is 10.4. The highest BCUT2D eigenvalue weighted by atomic mass is 127. The van der Waals surface area contributed by atoms with Crippen LogP contribution in [0.25, 0.3) is 0 Å². The van der Waals surface area contributed by atoms with Crippen molar-refractivity contribution < 1.29 is 0 Å². The fraction of sp³-hybridized carbons (Fsp3) is 1.00. The lowest BCUT2D eigenvalue weighted by molar-refractivity contribution is 0.0653. The predicted molar refractivity (Wildman–Crippen MR) is 105 cm³/mol. The number of halogens is 2. The molecule has 0 aromatic heterocycles. The molecule has 1 fully saturated rings. The molecule has 1 aliphatic rings. The second-order valence-electron chi connectivity index (χ2n) is 7.95. The summed E-state index contributed by atoms with van der Waals surface area (Å²) in [4.78, 5) is 0. The van der Waals surface area contributed by atoms with Crippen LogP contribution < -0.4 is 0 Å². The molecule has 0 spiro atoms. The minimum atomic E-state index is 0.456. The average molecular weight is 490 g/mol. The van der Waals surface area contributed by atoms with Gasteiger partial charge in [0, 0.05) is 8.35 Å². The second kappa shape index (κ2) is 7.64. The Balaban J connectivity index is 2.68. The zero-order valence-electron chi connectivity index (χ0n) is 13.4. The van der Waals surface area contributed by atoms with Crippen molar-refractivity contribution in [3.63, 3.8) is 0 Å². The van der Waals surface area contributed by atoms with Gasteiger partial charge in [-0.2, -0.15) is 0 Å². The van der Waals surface area contributed by atoms with E-state index in [1.54, 1.807) is 0 Å². The summed E-state index contributed by atoms with van der Waals surface area (Å²) in [5, 5.41) is 0. The molecule has 0 bridgehead atoms. The molecule has 0 amide bonds. The minimum Gasteiger partial charge on any atom is -0.0852 e. The van der Waals surface area contributed by atoms with Gasteiger partial charge in [0.05, 0.1) is 0 Å². The highest BCUT2D eigenvalue weighted by Gasteiger charge is 2.39. The van der Waals surface area contributed by atoms with E-state index in [0.29, 0.717) is 10.8 Å². The van der Waals surface area contributed by atoms with Crippen LogP contribution in [0, 0.1) is 22.7 Å². The third-order valence-corrected chi connectivity index (χ3v) is 9.70. The molecule has 2 unspecified atom stereocenters. The van der Waals surface area contributed by atoms with E-state index >= 15 is 0 Å². The first-order valence-corrected chi connectivity index (χ1v) is 10.7.